The van der Waals surface area contributed by atoms with Crippen LogP contribution in [0.3, 0.4) is 0 Å². The molecule has 224 valence electrons. The van der Waals surface area contributed by atoms with Crippen molar-refractivity contribution < 1.29 is 4.79 Å². The Balaban J connectivity index is 1.76. The number of fused-ring (bicyclic) bond motifs is 1. The van der Waals surface area contributed by atoms with Crippen molar-refractivity contribution in [2.24, 2.45) is 11.8 Å². The third-order valence-electron chi connectivity index (χ3n) is 8.73. The molecule has 1 N–H and O–H groups in total. The van der Waals surface area contributed by atoms with Crippen molar-refractivity contribution in [3.8, 4) is 0 Å². The van der Waals surface area contributed by atoms with Crippen molar-refractivity contribution in [3.63, 3.8) is 0 Å². The van der Waals surface area contributed by atoms with Crippen LogP contribution in [0.15, 0.2) is 53.7 Å². The number of nitrogens with zero attached hydrogens (tertiary/aromatic N) is 2. The molecule has 0 aliphatic carbocycles. The summed E-state index contributed by atoms with van der Waals surface area (Å²) in [7, 11) is 6.37. The number of benzene rings is 2. The smallest absolute Gasteiger partial charge is 0.146 e. The van der Waals surface area contributed by atoms with Gasteiger partial charge >= 0.3 is 0 Å². The van der Waals surface area contributed by atoms with E-state index in [4.69, 9.17) is 0 Å². The Hall–Kier alpha value is -2.69. The number of nitrogens with one attached hydrogen (secondary N) is 1. The second kappa shape index (κ2) is 15.5. The van der Waals surface area contributed by atoms with E-state index in [2.05, 4.69) is 99.4 Å². The average molecular weight is 558 g/mol. The predicted octanol–water partition coefficient (Wildman–Crippen LogP) is 7.62. The number of allylic oxidation sites excluding steroid dienone is 3. The number of aryl methyl sites for hydroxylation is 1. The molecule has 2 atom stereocenters. The minimum atomic E-state index is 0.446. The van der Waals surface area contributed by atoms with Gasteiger partial charge in [-0.3, -0.25) is 4.79 Å². The second-order valence-corrected chi connectivity index (χ2v) is 12.9. The number of carbonyl (C=O) groups is 1. The topological polar surface area (TPSA) is 35.6 Å². The molecule has 1 heterocycles. The molecule has 1 aliphatic rings. The highest BCUT2D eigenvalue weighted by Gasteiger charge is 2.20. The van der Waals surface area contributed by atoms with Gasteiger partial charge in [-0.25, -0.2) is 0 Å². The fourth-order valence-electron chi connectivity index (χ4n) is 6.36. The molecule has 0 amide bonds. The fraction of sp³-hybridized carbons (Fsp3) is 0.541. The molecule has 0 spiro atoms. The van der Waals surface area contributed by atoms with Crippen LogP contribution in [-0.4, -0.2) is 50.3 Å². The standard InChI is InChI=1S/C37H55N3O/c1-10-31-22-33(37(24-39(7)8)28(5)27(4)25-41)15-14-32(31)21-30(20-26(2)3)17-19-40(9)23-34-12-11-13-35-29(6)38-18-16-36(34)35/h11-15,22,24-26,29-30,38H,10,16-21,23H2,1-9H3/b28-27-,37-24+. The van der Waals surface area contributed by atoms with Gasteiger partial charge < -0.3 is 15.1 Å². The van der Waals surface area contributed by atoms with Crippen molar-refractivity contribution in [2.75, 3.05) is 34.2 Å². The van der Waals surface area contributed by atoms with Crippen molar-refractivity contribution in [1.29, 1.82) is 0 Å². The fourth-order valence-corrected chi connectivity index (χ4v) is 6.36. The van der Waals surface area contributed by atoms with E-state index in [0.29, 0.717) is 17.9 Å². The lowest BCUT2D eigenvalue weighted by Crippen LogP contribution is -2.30. The van der Waals surface area contributed by atoms with Crippen LogP contribution in [0, 0.1) is 11.8 Å². The van der Waals surface area contributed by atoms with E-state index in [0.717, 1.165) is 61.9 Å². The molecule has 4 nitrogen and oxygen atoms in total. The average Bonchev–Trinajstić information content (AvgIpc) is 2.94. The second-order valence-electron chi connectivity index (χ2n) is 12.9. The Kier molecular flexibility index (Phi) is 12.4. The monoisotopic (exact) mass is 557 g/mol. The van der Waals surface area contributed by atoms with Gasteiger partial charge in [-0.15, -0.1) is 0 Å². The molecule has 2 aromatic rings. The lowest BCUT2D eigenvalue weighted by atomic mass is 9.85. The molecule has 2 unspecified atom stereocenters. The highest BCUT2D eigenvalue weighted by molar-refractivity contribution is 5.87. The van der Waals surface area contributed by atoms with Gasteiger partial charge in [0, 0.05) is 38.5 Å². The van der Waals surface area contributed by atoms with E-state index in [9.17, 15) is 4.79 Å². The summed E-state index contributed by atoms with van der Waals surface area (Å²) >= 11 is 0. The summed E-state index contributed by atoms with van der Waals surface area (Å²) in [5.74, 6) is 1.33. The van der Waals surface area contributed by atoms with E-state index < -0.39 is 0 Å². The molecule has 0 saturated carbocycles. The normalized spacial score (nSPS) is 17.0. The van der Waals surface area contributed by atoms with Crippen molar-refractivity contribution in [1.82, 2.24) is 15.1 Å². The molecule has 1 aliphatic heterocycles. The zero-order valence-electron chi connectivity index (χ0n) is 27.3. The SMILES string of the molecule is CCc1cc(C(=C/N(C)C)/C(C)=C(/C)C=O)ccc1CC(CCN(C)Cc1cccc2c1CCNC2C)CC(C)C. The van der Waals surface area contributed by atoms with E-state index >= 15 is 0 Å². The maximum Gasteiger partial charge on any atom is 0.146 e. The first-order valence-corrected chi connectivity index (χ1v) is 15.7. The number of carbonyl (C=O) groups excluding carboxylic acids is 1. The first-order chi connectivity index (χ1) is 19.5. The Bertz CT molecular complexity index is 1220. The first kappa shape index (κ1) is 32.8. The third-order valence-corrected chi connectivity index (χ3v) is 8.73. The number of rotatable bonds is 14. The van der Waals surface area contributed by atoms with E-state index in [1.165, 1.54) is 40.7 Å². The van der Waals surface area contributed by atoms with Crippen molar-refractivity contribution >= 4 is 11.9 Å². The molecule has 0 saturated heterocycles. The van der Waals surface area contributed by atoms with Crippen LogP contribution in [0.4, 0.5) is 0 Å². The molecule has 0 fully saturated rings. The van der Waals surface area contributed by atoms with Crippen LogP contribution < -0.4 is 5.32 Å². The molecular formula is C37H55N3O. The quantitative estimate of drug-likeness (QED) is 0.147. The Labute approximate surface area is 250 Å². The van der Waals surface area contributed by atoms with Gasteiger partial charge in [0.05, 0.1) is 0 Å². The van der Waals surface area contributed by atoms with Crippen molar-refractivity contribution in [3.05, 3.63) is 87.1 Å². The maximum atomic E-state index is 11.5. The molecule has 3 rings (SSSR count). The van der Waals surface area contributed by atoms with Gasteiger partial charge in [0.25, 0.3) is 0 Å². The van der Waals surface area contributed by atoms with E-state index in [1.807, 2.05) is 21.0 Å². The van der Waals surface area contributed by atoms with Crippen LogP contribution in [0.25, 0.3) is 5.57 Å². The van der Waals surface area contributed by atoms with Crippen LogP contribution in [0.2, 0.25) is 0 Å². The highest BCUT2D eigenvalue weighted by atomic mass is 16.1. The zero-order valence-corrected chi connectivity index (χ0v) is 27.3. The molecule has 0 bridgehead atoms. The lowest BCUT2D eigenvalue weighted by molar-refractivity contribution is -0.104. The van der Waals surface area contributed by atoms with Crippen LogP contribution >= 0.6 is 0 Å². The van der Waals surface area contributed by atoms with Crippen LogP contribution in [-0.2, 0) is 30.6 Å². The summed E-state index contributed by atoms with van der Waals surface area (Å²) in [5, 5.41) is 3.61. The Morgan fingerprint density at radius 3 is 2.49 bits per heavy atom. The van der Waals surface area contributed by atoms with Gasteiger partial charge in [0.2, 0.25) is 0 Å². The number of hydrogen-bond donors (Lipinski definition) is 1. The zero-order chi connectivity index (χ0) is 30.1. The summed E-state index contributed by atoms with van der Waals surface area (Å²) < 4.78 is 0. The van der Waals surface area contributed by atoms with Crippen molar-refractivity contribution in [2.45, 2.75) is 86.2 Å². The van der Waals surface area contributed by atoms with Gasteiger partial charge in [-0.2, -0.15) is 0 Å². The molecule has 41 heavy (non-hydrogen) atoms. The predicted molar refractivity (Wildman–Crippen MR) is 176 cm³/mol. The van der Waals surface area contributed by atoms with Gasteiger partial charge in [-0.05, 0) is 129 Å². The number of aldehydes is 1. The van der Waals surface area contributed by atoms with Crippen LogP contribution in [0.1, 0.15) is 93.8 Å². The Morgan fingerprint density at radius 1 is 1.07 bits per heavy atom. The summed E-state index contributed by atoms with van der Waals surface area (Å²) in [4.78, 5) is 16.1. The molecule has 0 aromatic heterocycles. The molecule has 4 heteroatoms. The molecular weight excluding hydrogens is 502 g/mol. The largest absolute Gasteiger partial charge is 0.383 e. The Morgan fingerprint density at radius 2 is 1.83 bits per heavy atom. The van der Waals surface area contributed by atoms with E-state index in [1.54, 1.807) is 5.56 Å². The van der Waals surface area contributed by atoms with Gasteiger partial charge in [-0.1, -0.05) is 57.2 Å². The van der Waals surface area contributed by atoms with Gasteiger partial charge in [0.1, 0.15) is 6.29 Å². The van der Waals surface area contributed by atoms with Crippen LogP contribution in [0.5, 0.6) is 0 Å². The number of hydrogen-bond acceptors (Lipinski definition) is 4. The lowest BCUT2D eigenvalue weighted by Gasteiger charge is -2.28. The minimum Gasteiger partial charge on any atom is -0.383 e. The third kappa shape index (κ3) is 9.15. The first-order valence-electron chi connectivity index (χ1n) is 15.7. The molecule has 0 radical (unpaired) electrons. The summed E-state index contributed by atoms with van der Waals surface area (Å²) in [6.07, 6.45) is 8.81. The minimum absolute atomic E-state index is 0.446. The highest BCUT2D eigenvalue weighted by Crippen LogP contribution is 2.30. The summed E-state index contributed by atoms with van der Waals surface area (Å²) in [5.41, 5.74) is 11.6. The summed E-state index contributed by atoms with van der Waals surface area (Å²) in [6.45, 7) is 16.4. The maximum absolute atomic E-state index is 11.5. The molecule has 2 aromatic carbocycles. The van der Waals surface area contributed by atoms with Gasteiger partial charge in [0.15, 0.2) is 0 Å². The van der Waals surface area contributed by atoms with E-state index in [-0.39, 0.29) is 0 Å². The summed E-state index contributed by atoms with van der Waals surface area (Å²) in [6, 6.07) is 14.3.